The standard InChI is InChI=1S/C23H24N5S/c1-4-28(5-2)20-11-9-18(10-12-20)25-26-19-8-6-7-17(15-19)23-24-21-16-27(3)14-13-22(21)29-23/h6-16H,4-5H2,1-3H3/q+1. The van der Waals surface area contributed by atoms with E-state index in [2.05, 4.69) is 53.2 Å². The van der Waals surface area contributed by atoms with E-state index >= 15 is 0 Å². The van der Waals surface area contributed by atoms with Gasteiger partial charge in [-0.15, -0.1) is 11.3 Å². The van der Waals surface area contributed by atoms with Crippen molar-refractivity contribution in [2.45, 2.75) is 13.8 Å². The first-order valence-corrected chi connectivity index (χ1v) is 10.6. The lowest BCUT2D eigenvalue weighted by Gasteiger charge is -2.20. The van der Waals surface area contributed by atoms with Gasteiger partial charge in [-0.1, -0.05) is 12.1 Å². The maximum absolute atomic E-state index is 4.77. The molecule has 5 nitrogen and oxygen atoms in total. The summed E-state index contributed by atoms with van der Waals surface area (Å²) < 4.78 is 3.19. The summed E-state index contributed by atoms with van der Waals surface area (Å²) in [7, 11) is 2.01. The number of rotatable bonds is 6. The Morgan fingerprint density at radius 2 is 1.72 bits per heavy atom. The molecular formula is C23H24N5S+. The minimum Gasteiger partial charge on any atom is -0.372 e. The molecule has 2 heterocycles. The van der Waals surface area contributed by atoms with Crippen LogP contribution in [-0.4, -0.2) is 18.1 Å². The van der Waals surface area contributed by atoms with Crippen molar-refractivity contribution in [2.24, 2.45) is 17.3 Å². The fourth-order valence-corrected chi connectivity index (χ4v) is 4.16. The van der Waals surface area contributed by atoms with E-state index in [0.29, 0.717) is 0 Å². The summed E-state index contributed by atoms with van der Waals surface area (Å²) in [6.07, 6.45) is 4.08. The zero-order valence-electron chi connectivity index (χ0n) is 16.9. The molecule has 0 aliphatic carbocycles. The Kier molecular flexibility index (Phi) is 5.62. The quantitative estimate of drug-likeness (QED) is 0.291. The van der Waals surface area contributed by atoms with Crippen LogP contribution in [-0.2, 0) is 7.05 Å². The highest BCUT2D eigenvalue weighted by Gasteiger charge is 2.09. The molecule has 0 amide bonds. The second-order valence-corrected chi connectivity index (χ2v) is 7.85. The lowest BCUT2D eigenvalue weighted by atomic mass is 10.2. The zero-order chi connectivity index (χ0) is 20.2. The number of aromatic nitrogens is 2. The van der Waals surface area contributed by atoms with E-state index in [4.69, 9.17) is 4.98 Å². The van der Waals surface area contributed by atoms with Crippen molar-refractivity contribution in [3.8, 4) is 10.6 Å². The number of thiazole rings is 1. The first-order chi connectivity index (χ1) is 14.2. The lowest BCUT2D eigenvalue weighted by Crippen LogP contribution is -2.25. The summed E-state index contributed by atoms with van der Waals surface area (Å²) in [5.74, 6) is 0. The van der Waals surface area contributed by atoms with Gasteiger partial charge in [0.2, 0.25) is 0 Å². The van der Waals surface area contributed by atoms with Gasteiger partial charge in [-0.05, 0) is 50.2 Å². The fourth-order valence-electron chi connectivity index (χ4n) is 3.24. The highest BCUT2D eigenvalue weighted by atomic mass is 32.1. The molecule has 4 aromatic rings. The number of anilines is 1. The third-order valence-electron chi connectivity index (χ3n) is 4.82. The first kappa shape index (κ1) is 19.2. The van der Waals surface area contributed by atoms with Gasteiger partial charge < -0.3 is 4.90 Å². The SMILES string of the molecule is CCN(CC)c1ccc(N=Nc2cccc(-c3nc4c[n+](C)ccc4s3)c2)cc1. The molecule has 0 spiro atoms. The third kappa shape index (κ3) is 4.32. The molecule has 6 heteroatoms. The Morgan fingerprint density at radius 3 is 2.48 bits per heavy atom. The predicted molar refractivity (Wildman–Crippen MR) is 120 cm³/mol. The van der Waals surface area contributed by atoms with Gasteiger partial charge in [0.05, 0.1) is 16.1 Å². The van der Waals surface area contributed by atoms with E-state index in [1.54, 1.807) is 11.3 Å². The van der Waals surface area contributed by atoms with Crippen LogP contribution in [0.2, 0.25) is 0 Å². The Hall–Kier alpha value is -3.12. The van der Waals surface area contributed by atoms with E-state index < -0.39 is 0 Å². The monoisotopic (exact) mass is 402 g/mol. The Morgan fingerprint density at radius 1 is 0.966 bits per heavy atom. The molecule has 0 aliphatic rings. The highest BCUT2D eigenvalue weighted by molar-refractivity contribution is 7.21. The number of fused-ring (bicyclic) bond motifs is 1. The van der Waals surface area contributed by atoms with E-state index in [1.165, 1.54) is 10.4 Å². The van der Waals surface area contributed by atoms with Gasteiger partial charge in [0, 0.05) is 30.4 Å². The normalized spacial score (nSPS) is 11.4. The number of nitrogens with zero attached hydrogens (tertiary/aromatic N) is 5. The van der Waals surface area contributed by atoms with E-state index in [0.717, 1.165) is 40.6 Å². The van der Waals surface area contributed by atoms with Crippen LogP contribution < -0.4 is 9.47 Å². The minimum absolute atomic E-state index is 0.820. The topological polar surface area (TPSA) is 44.7 Å². The second-order valence-electron chi connectivity index (χ2n) is 6.82. The molecular weight excluding hydrogens is 378 g/mol. The van der Waals surface area contributed by atoms with Crippen molar-refractivity contribution in [1.29, 1.82) is 0 Å². The molecule has 0 saturated carbocycles. The summed E-state index contributed by atoms with van der Waals surface area (Å²) in [6, 6.07) is 18.4. The van der Waals surface area contributed by atoms with Crippen LogP contribution in [0.3, 0.4) is 0 Å². The molecule has 0 N–H and O–H groups in total. The highest BCUT2D eigenvalue weighted by Crippen LogP contribution is 2.31. The second kappa shape index (κ2) is 8.49. The Bertz CT molecular complexity index is 1140. The minimum atomic E-state index is 0.820. The summed E-state index contributed by atoms with van der Waals surface area (Å²) in [6.45, 7) is 6.31. The number of pyridine rings is 1. The lowest BCUT2D eigenvalue weighted by molar-refractivity contribution is -0.670. The smallest absolute Gasteiger partial charge is 0.195 e. The molecule has 4 rings (SSSR count). The molecule has 0 radical (unpaired) electrons. The predicted octanol–water partition coefficient (Wildman–Crippen LogP) is 6.05. The van der Waals surface area contributed by atoms with E-state index in [1.807, 2.05) is 54.3 Å². The van der Waals surface area contributed by atoms with Crippen molar-refractivity contribution in [1.82, 2.24) is 4.98 Å². The summed E-state index contributed by atoms with van der Waals surface area (Å²) in [5.41, 5.74) is 4.94. The summed E-state index contributed by atoms with van der Waals surface area (Å²) in [5, 5.41) is 9.83. The molecule has 0 unspecified atom stereocenters. The van der Waals surface area contributed by atoms with E-state index in [9.17, 15) is 0 Å². The van der Waals surface area contributed by atoms with Crippen LogP contribution in [0, 0.1) is 0 Å². The summed E-state index contributed by atoms with van der Waals surface area (Å²) in [4.78, 5) is 7.07. The molecule has 29 heavy (non-hydrogen) atoms. The Labute approximate surface area is 175 Å². The molecule has 0 saturated heterocycles. The molecule has 2 aromatic heterocycles. The molecule has 0 fully saturated rings. The van der Waals surface area contributed by atoms with Crippen LogP contribution in [0.5, 0.6) is 0 Å². The van der Waals surface area contributed by atoms with E-state index in [-0.39, 0.29) is 0 Å². The maximum atomic E-state index is 4.77. The average molecular weight is 403 g/mol. The van der Waals surface area contributed by atoms with Crippen LogP contribution in [0.4, 0.5) is 17.1 Å². The largest absolute Gasteiger partial charge is 0.372 e. The van der Waals surface area contributed by atoms with Gasteiger partial charge in [-0.25, -0.2) is 9.55 Å². The number of hydrogen-bond acceptors (Lipinski definition) is 5. The molecule has 146 valence electrons. The molecule has 0 aliphatic heterocycles. The van der Waals surface area contributed by atoms with Crippen molar-refractivity contribution < 1.29 is 4.57 Å². The van der Waals surface area contributed by atoms with Crippen molar-refractivity contribution in [3.05, 3.63) is 67.0 Å². The number of benzene rings is 2. The van der Waals surface area contributed by atoms with Gasteiger partial charge in [0.1, 0.15) is 17.6 Å². The maximum Gasteiger partial charge on any atom is 0.195 e. The van der Waals surface area contributed by atoms with Gasteiger partial charge in [0.25, 0.3) is 0 Å². The van der Waals surface area contributed by atoms with Crippen LogP contribution in [0.1, 0.15) is 13.8 Å². The fraction of sp³-hybridized carbons (Fsp3) is 0.217. The zero-order valence-corrected chi connectivity index (χ0v) is 17.7. The summed E-state index contributed by atoms with van der Waals surface area (Å²) >= 11 is 1.69. The number of azo groups is 1. The van der Waals surface area contributed by atoms with Crippen LogP contribution in [0.25, 0.3) is 20.8 Å². The van der Waals surface area contributed by atoms with Crippen molar-refractivity contribution >= 4 is 38.6 Å². The van der Waals surface area contributed by atoms with Gasteiger partial charge in [0.15, 0.2) is 12.4 Å². The first-order valence-electron chi connectivity index (χ1n) is 9.79. The average Bonchev–Trinajstić information content (AvgIpc) is 3.17. The molecule has 2 aromatic carbocycles. The van der Waals surface area contributed by atoms with Gasteiger partial charge in [-0.3, -0.25) is 0 Å². The van der Waals surface area contributed by atoms with Gasteiger partial charge >= 0.3 is 0 Å². The van der Waals surface area contributed by atoms with Crippen molar-refractivity contribution in [2.75, 3.05) is 18.0 Å². The number of hydrogen-bond donors (Lipinski definition) is 0. The molecule has 0 atom stereocenters. The number of aryl methyl sites for hydroxylation is 1. The Balaban J connectivity index is 1.55. The van der Waals surface area contributed by atoms with Crippen LogP contribution >= 0.6 is 11.3 Å². The van der Waals surface area contributed by atoms with Crippen LogP contribution in [0.15, 0.2) is 77.2 Å². The third-order valence-corrected chi connectivity index (χ3v) is 5.91. The van der Waals surface area contributed by atoms with Crippen molar-refractivity contribution in [3.63, 3.8) is 0 Å². The van der Waals surface area contributed by atoms with Gasteiger partial charge in [-0.2, -0.15) is 10.2 Å². The molecule has 0 bridgehead atoms.